The maximum absolute atomic E-state index is 11.5. The van der Waals surface area contributed by atoms with Crippen molar-refractivity contribution >= 4 is 21.9 Å². The highest BCUT2D eigenvalue weighted by Gasteiger charge is 2.15. The lowest BCUT2D eigenvalue weighted by Crippen LogP contribution is -2.05. The predicted octanol–water partition coefficient (Wildman–Crippen LogP) is 3.72. The second-order valence-electron chi connectivity index (χ2n) is 3.97. The quantitative estimate of drug-likeness (QED) is 0.804. The van der Waals surface area contributed by atoms with Gasteiger partial charge >= 0.3 is 5.97 Å². The lowest BCUT2D eigenvalue weighted by molar-refractivity contribution is 0.0595. The Labute approximate surface area is 119 Å². The standard InChI is InChI=1S/C14H13BrO4/c1-9-3-4-12(11(15)7-9)19-8-13-10(5-6-18-13)14(16)17-2/h3-7H,8H2,1-2H3. The van der Waals surface area contributed by atoms with Crippen LogP contribution in [0.4, 0.5) is 0 Å². The number of furan rings is 1. The Kier molecular flexibility index (Phi) is 4.27. The van der Waals surface area contributed by atoms with Gasteiger partial charge in [0.15, 0.2) is 5.76 Å². The van der Waals surface area contributed by atoms with Gasteiger partial charge in [0, 0.05) is 0 Å². The Balaban J connectivity index is 2.10. The maximum atomic E-state index is 11.5. The highest BCUT2D eigenvalue weighted by molar-refractivity contribution is 9.10. The number of ether oxygens (including phenoxy) is 2. The summed E-state index contributed by atoms with van der Waals surface area (Å²) in [5, 5.41) is 0. The number of hydrogen-bond acceptors (Lipinski definition) is 4. The molecule has 0 atom stereocenters. The summed E-state index contributed by atoms with van der Waals surface area (Å²) >= 11 is 3.43. The van der Waals surface area contributed by atoms with Crippen LogP contribution in [0.15, 0.2) is 39.4 Å². The summed E-state index contributed by atoms with van der Waals surface area (Å²) in [6, 6.07) is 7.33. The number of esters is 1. The van der Waals surface area contributed by atoms with E-state index in [1.165, 1.54) is 13.4 Å². The number of benzene rings is 1. The molecule has 2 rings (SSSR count). The monoisotopic (exact) mass is 324 g/mol. The van der Waals surface area contributed by atoms with Gasteiger partial charge in [0.2, 0.25) is 0 Å². The van der Waals surface area contributed by atoms with E-state index < -0.39 is 5.97 Å². The summed E-state index contributed by atoms with van der Waals surface area (Å²) in [6.45, 7) is 2.16. The Morgan fingerprint density at radius 2 is 2.16 bits per heavy atom. The van der Waals surface area contributed by atoms with E-state index in [-0.39, 0.29) is 6.61 Å². The van der Waals surface area contributed by atoms with Gasteiger partial charge < -0.3 is 13.9 Å². The van der Waals surface area contributed by atoms with Gasteiger partial charge in [-0.3, -0.25) is 0 Å². The summed E-state index contributed by atoms with van der Waals surface area (Å²) in [4.78, 5) is 11.5. The Bertz CT molecular complexity index is 589. The first kappa shape index (κ1) is 13.7. The van der Waals surface area contributed by atoms with Crippen LogP contribution in [0.3, 0.4) is 0 Å². The van der Waals surface area contributed by atoms with Crippen molar-refractivity contribution < 1.29 is 18.7 Å². The highest BCUT2D eigenvalue weighted by Crippen LogP contribution is 2.27. The Morgan fingerprint density at radius 3 is 2.84 bits per heavy atom. The third-order valence-electron chi connectivity index (χ3n) is 2.60. The van der Waals surface area contributed by atoms with Crippen LogP contribution in [0.2, 0.25) is 0 Å². The molecular weight excluding hydrogens is 312 g/mol. The van der Waals surface area contributed by atoms with Gasteiger partial charge in [-0.2, -0.15) is 0 Å². The number of methoxy groups -OCH3 is 1. The minimum absolute atomic E-state index is 0.166. The second kappa shape index (κ2) is 5.93. The molecule has 1 heterocycles. The van der Waals surface area contributed by atoms with Crippen molar-refractivity contribution in [3.8, 4) is 5.75 Å². The molecule has 4 nitrogen and oxygen atoms in total. The molecule has 0 aliphatic heterocycles. The van der Waals surface area contributed by atoms with Gasteiger partial charge in [-0.1, -0.05) is 6.07 Å². The van der Waals surface area contributed by atoms with Crippen molar-refractivity contribution in [2.45, 2.75) is 13.5 Å². The molecular formula is C14H13BrO4. The number of carbonyl (C=O) groups is 1. The van der Waals surface area contributed by atoms with Crippen LogP contribution in [0, 0.1) is 6.92 Å². The molecule has 0 saturated carbocycles. The van der Waals surface area contributed by atoms with E-state index in [2.05, 4.69) is 20.7 Å². The third-order valence-corrected chi connectivity index (χ3v) is 3.22. The summed E-state index contributed by atoms with van der Waals surface area (Å²) in [6.07, 6.45) is 1.44. The summed E-state index contributed by atoms with van der Waals surface area (Å²) < 4.78 is 16.4. The average molecular weight is 325 g/mol. The van der Waals surface area contributed by atoms with Crippen molar-refractivity contribution in [1.29, 1.82) is 0 Å². The third kappa shape index (κ3) is 3.17. The predicted molar refractivity (Wildman–Crippen MR) is 73.3 cm³/mol. The average Bonchev–Trinajstić information content (AvgIpc) is 2.85. The smallest absolute Gasteiger partial charge is 0.341 e. The maximum Gasteiger partial charge on any atom is 0.341 e. The Morgan fingerprint density at radius 1 is 1.37 bits per heavy atom. The molecule has 1 aromatic heterocycles. The molecule has 0 radical (unpaired) electrons. The molecule has 0 bridgehead atoms. The van der Waals surface area contributed by atoms with Crippen molar-refractivity contribution in [3.63, 3.8) is 0 Å². The molecule has 0 aliphatic rings. The summed E-state index contributed by atoms with van der Waals surface area (Å²) in [5.41, 5.74) is 1.51. The fraction of sp³-hybridized carbons (Fsp3) is 0.214. The van der Waals surface area contributed by atoms with E-state index in [1.54, 1.807) is 6.07 Å². The number of halogens is 1. The largest absolute Gasteiger partial charge is 0.484 e. The minimum atomic E-state index is -0.435. The van der Waals surface area contributed by atoms with Gasteiger partial charge in [0.1, 0.15) is 17.9 Å². The van der Waals surface area contributed by atoms with Crippen molar-refractivity contribution in [2.75, 3.05) is 7.11 Å². The van der Waals surface area contributed by atoms with Crippen molar-refractivity contribution in [1.82, 2.24) is 0 Å². The molecule has 0 saturated heterocycles. The van der Waals surface area contributed by atoms with E-state index in [1.807, 2.05) is 25.1 Å². The van der Waals surface area contributed by atoms with Gasteiger partial charge in [0.25, 0.3) is 0 Å². The zero-order chi connectivity index (χ0) is 13.8. The van der Waals surface area contributed by atoms with E-state index >= 15 is 0 Å². The number of rotatable bonds is 4. The molecule has 0 fully saturated rings. The van der Waals surface area contributed by atoms with Gasteiger partial charge in [-0.05, 0) is 46.6 Å². The van der Waals surface area contributed by atoms with Crippen molar-refractivity contribution in [2.24, 2.45) is 0 Å². The molecule has 0 aliphatic carbocycles. The summed E-state index contributed by atoms with van der Waals surface area (Å²) in [5.74, 6) is 0.701. The first-order valence-corrected chi connectivity index (χ1v) is 6.44. The molecule has 100 valence electrons. The fourth-order valence-electron chi connectivity index (χ4n) is 1.61. The normalized spacial score (nSPS) is 10.3. The van der Waals surface area contributed by atoms with Crippen LogP contribution in [0.25, 0.3) is 0 Å². The number of hydrogen-bond donors (Lipinski definition) is 0. The molecule has 1 aromatic carbocycles. The van der Waals surface area contributed by atoms with Crippen LogP contribution >= 0.6 is 15.9 Å². The zero-order valence-corrected chi connectivity index (χ0v) is 12.2. The molecule has 19 heavy (non-hydrogen) atoms. The molecule has 5 heteroatoms. The molecule has 0 amide bonds. The zero-order valence-electron chi connectivity index (χ0n) is 10.6. The van der Waals surface area contributed by atoms with Crippen LogP contribution in [-0.4, -0.2) is 13.1 Å². The first-order valence-electron chi connectivity index (χ1n) is 5.65. The van der Waals surface area contributed by atoms with Gasteiger partial charge in [0.05, 0.1) is 17.8 Å². The van der Waals surface area contributed by atoms with E-state index in [0.29, 0.717) is 17.1 Å². The molecule has 0 N–H and O–H groups in total. The van der Waals surface area contributed by atoms with E-state index in [0.717, 1.165) is 10.0 Å². The van der Waals surface area contributed by atoms with Gasteiger partial charge in [-0.25, -0.2) is 4.79 Å². The van der Waals surface area contributed by atoms with Crippen LogP contribution in [0.1, 0.15) is 21.7 Å². The minimum Gasteiger partial charge on any atom is -0.484 e. The number of carbonyl (C=O) groups excluding carboxylic acids is 1. The SMILES string of the molecule is COC(=O)c1ccoc1COc1ccc(C)cc1Br. The topological polar surface area (TPSA) is 48.7 Å². The number of aryl methyl sites for hydroxylation is 1. The van der Waals surface area contributed by atoms with Gasteiger partial charge in [-0.15, -0.1) is 0 Å². The van der Waals surface area contributed by atoms with E-state index in [4.69, 9.17) is 9.15 Å². The lowest BCUT2D eigenvalue weighted by Gasteiger charge is -2.08. The highest BCUT2D eigenvalue weighted by atomic mass is 79.9. The van der Waals surface area contributed by atoms with Crippen LogP contribution < -0.4 is 4.74 Å². The van der Waals surface area contributed by atoms with Crippen LogP contribution in [0.5, 0.6) is 5.75 Å². The van der Waals surface area contributed by atoms with E-state index in [9.17, 15) is 4.79 Å². The molecule has 2 aromatic rings. The molecule has 0 spiro atoms. The lowest BCUT2D eigenvalue weighted by atomic mass is 10.2. The first-order chi connectivity index (χ1) is 9.11. The van der Waals surface area contributed by atoms with Crippen molar-refractivity contribution in [3.05, 3.63) is 51.9 Å². The molecule has 0 unspecified atom stereocenters. The Hall–Kier alpha value is -1.75. The summed E-state index contributed by atoms with van der Waals surface area (Å²) in [7, 11) is 1.33. The van der Waals surface area contributed by atoms with Crippen LogP contribution in [-0.2, 0) is 11.3 Å². The second-order valence-corrected chi connectivity index (χ2v) is 4.83. The fourth-order valence-corrected chi connectivity index (χ4v) is 2.22.